The first-order chi connectivity index (χ1) is 7.33. The lowest BCUT2D eigenvalue weighted by Crippen LogP contribution is -2.19. The number of anilines is 2. The summed E-state index contributed by atoms with van der Waals surface area (Å²) >= 11 is 1.58. The van der Waals surface area contributed by atoms with Gasteiger partial charge in [0.2, 0.25) is 0 Å². The first-order valence-electron chi connectivity index (χ1n) is 5.19. The van der Waals surface area contributed by atoms with Gasteiger partial charge in [-0.25, -0.2) is 9.97 Å². The molecular formula is C10H16N4S. The maximum absolute atomic E-state index is 4.52. The third kappa shape index (κ3) is 2.34. The summed E-state index contributed by atoms with van der Waals surface area (Å²) in [5, 5.41) is 3.91. The summed E-state index contributed by atoms with van der Waals surface area (Å²) in [6.07, 6.45) is 4.55. The molecule has 1 aromatic rings. The van der Waals surface area contributed by atoms with Gasteiger partial charge < -0.3 is 10.2 Å². The van der Waals surface area contributed by atoms with Crippen LogP contribution >= 0.6 is 11.8 Å². The lowest BCUT2D eigenvalue weighted by molar-refractivity contribution is 0.881. The van der Waals surface area contributed by atoms with E-state index in [-0.39, 0.29) is 0 Å². The molecule has 1 aromatic heterocycles. The molecule has 0 aliphatic carbocycles. The SMILES string of the molecule is CNc1cc(N2CCCC2)nc(SC)n1. The Hall–Kier alpha value is -0.970. The molecule has 0 aromatic carbocycles. The fraction of sp³-hybridized carbons (Fsp3) is 0.600. The number of nitrogens with zero attached hydrogens (tertiary/aromatic N) is 3. The van der Waals surface area contributed by atoms with Gasteiger partial charge >= 0.3 is 0 Å². The van der Waals surface area contributed by atoms with Gasteiger partial charge in [-0.05, 0) is 19.1 Å². The highest BCUT2D eigenvalue weighted by atomic mass is 32.2. The fourth-order valence-electron chi connectivity index (χ4n) is 1.74. The molecule has 82 valence electrons. The average molecular weight is 224 g/mol. The van der Waals surface area contributed by atoms with E-state index >= 15 is 0 Å². The zero-order valence-corrected chi connectivity index (χ0v) is 9.97. The zero-order valence-electron chi connectivity index (χ0n) is 9.16. The van der Waals surface area contributed by atoms with Crippen molar-refractivity contribution in [3.63, 3.8) is 0 Å². The maximum Gasteiger partial charge on any atom is 0.191 e. The molecule has 4 nitrogen and oxygen atoms in total. The minimum absolute atomic E-state index is 0.837. The van der Waals surface area contributed by atoms with Gasteiger partial charge in [0.25, 0.3) is 0 Å². The molecule has 0 atom stereocenters. The maximum atomic E-state index is 4.52. The third-order valence-corrected chi connectivity index (χ3v) is 3.11. The quantitative estimate of drug-likeness (QED) is 0.626. The van der Waals surface area contributed by atoms with Crippen molar-refractivity contribution in [2.24, 2.45) is 0 Å². The number of thioether (sulfide) groups is 1. The van der Waals surface area contributed by atoms with E-state index < -0.39 is 0 Å². The van der Waals surface area contributed by atoms with E-state index in [0.29, 0.717) is 0 Å². The largest absolute Gasteiger partial charge is 0.373 e. The van der Waals surface area contributed by atoms with Gasteiger partial charge in [-0.2, -0.15) is 0 Å². The second kappa shape index (κ2) is 4.70. The van der Waals surface area contributed by atoms with Crippen LogP contribution in [0.3, 0.4) is 0 Å². The monoisotopic (exact) mass is 224 g/mol. The van der Waals surface area contributed by atoms with Crippen molar-refractivity contribution < 1.29 is 0 Å². The molecule has 0 saturated carbocycles. The van der Waals surface area contributed by atoms with Crippen LogP contribution in [0.4, 0.5) is 11.6 Å². The molecule has 15 heavy (non-hydrogen) atoms. The van der Waals surface area contributed by atoms with E-state index in [4.69, 9.17) is 0 Å². The fourth-order valence-corrected chi connectivity index (χ4v) is 2.11. The highest BCUT2D eigenvalue weighted by Crippen LogP contribution is 2.23. The van der Waals surface area contributed by atoms with Crippen LogP contribution in [-0.4, -0.2) is 36.4 Å². The van der Waals surface area contributed by atoms with Crippen molar-refractivity contribution in [1.82, 2.24) is 9.97 Å². The van der Waals surface area contributed by atoms with E-state index in [0.717, 1.165) is 29.9 Å². The van der Waals surface area contributed by atoms with E-state index in [1.54, 1.807) is 11.8 Å². The van der Waals surface area contributed by atoms with Gasteiger partial charge in [0.15, 0.2) is 5.16 Å². The average Bonchev–Trinajstić information content (AvgIpc) is 2.81. The lowest BCUT2D eigenvalue weighted by atomic mass is 10.4. The van der Waals surface area contributed by atoms with Gasteiger partial charge in [0.05, 0.1) is 0 Å². The molecule has 1 saturated heterocycles. The van der Waals surface area contributed by atoms with Crippen molar-refractivity contribution >= 4 is 23.4 Å². The van der Waals surface area contributed by atoms with Crippen LogP contribution in [0.5, 0.6) is 0 Å². The molecule has 0 radical (unpaired) electrons. The Morgan fingerprint density at radius 1 is 1.33 bits per heavy atom. The van der Waals surface area contributed by atoms with E-state index in [1.165, 1.54) is 12.8 Å². The van der Waals surface area contributed by atoms with Gasteiger partial charge in [0.1, 0.15) is 11.6 Å². The minimum Gasteiger partial charge on any atom is -0.373 e. The summed E-state index contributed by atoms with van der Waals surface area (Å²) < 4.78 is 0. The standard InChI is InChI=1S/C10H16N4S/c1-11-8-7-9(13-10(12-8)15-2)14-5-3-4-6-14/h7H,3-6H2,1-2H3,(H,11,12,13). The molecule has 0 unspecified atom stereocenters. The van der Waals surface area contributed by atoms with Crippen LogP contribution in [-0.2, 0) is 0 Å². The van der Waals surface area contributed by atoms with Gasteiger partial charge in [-0.3, -0.25) is 0 Å². The predicted molar refractivity (Wildman–Crippen MR) is 64.8 cm³/mol. The van der Waals surface area contributed by atoms with E-state index in [2.05, 4.69) is 20.2 Å². The second-order valence-electron chi connectivity index (χ2n) is 3.54. The summed E-state index contributed by atoms with van der Waals surface area (Å²) in [7, 11) is 1.89. The Morgan fingerprint density at radius 2 is 2.07 bits per heavy atom. The molecule has 2 heterocycles. The highest BCUT2D eigenvalue weighted by Gasteiger charge is 2.15. The highest BCUT2D eigenvalue weighted by molar-refractivity contribution is 7.98. The number of nitrogens with one attached hydrogen (secondary N) is 1. The van der Waals surface area contributed by atoms with Crippen LogP contribution in [0.25, 0.3) is 0 Å². The lowest BCUT2D eigenvalue weighted by Gasteiger charge is -2.17. The Balaban J connectivity index is 2.28. The molecule has 0 amide bonds. The van der Waals surface area contributed by atoms with Gasteiger partial charge in [-0.1, -0.05) is 11.8 Å². The van der Waals surface area contributed by atoms with Crippen molar-refractivity contribution in [2.75, 3.05) is 36.6 Å². The Kier molecular flexibility index (Phi) is 3.30. The smallest absolute Gasteiger partial charge is 0.191 e. The summed E-state index contributed by atoms with van der Waals surface area (Å²) in [5.41, 5.74) is 0. The molecule has 5 heteroatoms. The second-order valence-corrected chi connectivity index (χ2v) is 4.32. The molecule has 0 spiro atoms. The van der Waals surface area contributed by atoms with Gasteiger partial charge in [-0.15, -0.1) is 0 Å². The van der Waals surface area contributed by atoms with Gasteiger partial charge in [0, 0.05) is 26.2 Å². The topological polar surface area (TPSA) is 41.0 Å². The first kappa shape index (κ1) is 10.5. The Bertz CT molecular complexity index is 314. The van der Waals surface area contributed by atoms with Crippen molar-refractivity contribution in [3.05, 3.63) is 6.07 Å². The van der Waals surface area contributed by atoms with Crippen LogP contribution in [0.15, 0.2) is 11.2 Å². The number of rotatable bonds is 3. The van der Waals surface area contributed by atoms with Crippen LogP contribution in [0, 0.1) is 0 Å². The van der Waals surface area contributed by atoms with E-state index in [9.17, 15) is 0 Å². The number of hydrogen-bond donors (Lipinski definition) is 1. The molecule has 1 aliphatic rings. The molecule has 1 N–H and O–H groups in total. The predicted octanol–water partition coefficient (Wildman–Crippen LogP) is 1.84. The van der Waals surface area contributed by atoms with E-state index in [1.807, 2.05) is 19.4 Å². The van der Waals surface area contributed by atoms with Crippen molar-refractivity contribution in [1.29, 1.82) is 0 Å². The first-order valence-corrected chi connectivity index (χ1v) is 6.41. The summed E-state index contributed by atoms with van der Waals surface area (Å²) in [6, 6.07) is 2.02. The Morgan fingerprint density at radius 3 is 2.67 bits per heavy atom. The zero-order chi connectivity index (χ0) is 10.7. The van der Waals surface area contributed by atoms with Crippen LogP contribution < -0.4 is 10.2 Å². The van der Waals surface area contributed by atoms with Crippen molar-refractivity contribution in [3.8, 4) is 0 Å². The summed E-state index contributed by atoms with van der Waals surface area (Å²) in [4.78, 5) is 11.2. The molecule has 1 aliphatic heterocycles. The molecule has 1 fully saturated rings. The summed E-state index contributed by atoms with van der Waals surface area (Å²) in [5.74, 6) is 1.95. The minimum atomic E-state index is 0.837. The molecule has 0 bridgehead atoms. The third-order valence-electron chi connectivity index (χ3n) is 2.56. The number of hydrogen-bond acceptors (Lipinski definition) is 5. The molecular weight excluding hydrogens is 208 g/mol. The normalized spacial score (nSPS) is 15.7. The van der Waals surface area contributed by atoms with Crippen LogP contribution in [0.2, 0.25) is 0 Å². The molecule has 2 rings (SSSR count). The van der Waals surface area contributed by atoms with Crippen molar-refractivity contribution in [2.45, 2.75) is 18.0 Å². The summed E-state index contributed by atoms with van der Waals surface area (Å²) in [6.45, 7) is 2.24. The Labute approximate surface area is 94.5 Å². The number of aromatic nitrogens is 2. The van der Waals surface area contributed by atoms with Crippen LogP contribution in [0.1, 0.15) is 12.8 Å².